The summed E-state index contributed by atoms with van der Waals surface area (Å²) in [5.41, 5.74) is 5.64. The van der Waals surface area contributed by atoms with E-state index in [1.807, 2.05) is 6.92 Å². The van der Waals surface area contributed by atoms with E-state index in [4.69, 9.17) is 10.5 Å². The predicted octanol–water partition coefficient (Wildman–Crippen LogP) is 0.386. The van der Waals surface area contributed by atoms with E-state index in [2.05, 4.69) is 4.74 Å². The summed E-state index contributed by atoms with van der Waals surface area (Å²) in [5.74, 6) is -0.474. The van der Waals surface area contributed by atoms with Crippen LogP contribution in [0.5, 0.6) is 0 Å². The fourth-order valence-corrected chi connectivity index (χ4v) is 0.411. The summed E-state index contributed by atoms with van der Waals surface area (Å²) >= 11 is 0. The zero-order valence-electron chi connectivity index (χ0n) is 6.79. The van der Waals surface area contributed by atoms with Gasteiger partial charge >= 0.3 is 5.97 Å². The highest BCUT2D eigenvalue weighted by atomic mass is 16.7. The van der Waals surface area contributed by atoms with Crippen LogP contribution in [0, 0.1) is 0 Å². The number of nitrogens with two attached hydrogens (primary N) is 1. The van der Waals surface area contributed by atoms with Crippen LogP contribution < -0.4 is 5.73 Å². The second-order valence-electron chi connectivity index (χ2n) is 1.96. The van der Waals surface area contributed by atoms with E-state index in [0.717, 1.165) is 0 Å². The number of ether oxygens (including phenoxy) is 2. The smallest absolute Gasteiger partial charge is 0.334 e. The number of esters is 1. The molecule has 0 heterocycles. The minimum absolute atomic E-state index is 0.0148. The van der Waals surface area contributed by atoms with Crippen LogP contribution in [0.4, 0.5) is 0 Å². The molecule has 0 aromatic rings. The van der Waals surface area contributed by atoms with E-state index in [0.29, 0.717) is 12.3 Å². The summed E-state index contributed by atoms with van der Waals surface area (Å²) in [4.78, 5) is 10.7. The molecule has 4 nitrogen and oxygen atoms in total. The lowest BCUT2D eigenvalue weighted by Gasteiger charge is -2.00. The van der Waals surface area contributed by atoms with Crippen molar-refractivity contribution in [3.05, 3.63) is 11.8 Å². The molecule has 0 rings (SSSR count). The van der Waals surface area contributed by atoms with E-state index in [1.54, 1.807) is 6.92 Å². The second-order valence-corrected chi connectivity index (χ2v) is 1.96. The molecule has 0 fully saturated rings. The van der Waals surface area contributed by atoms with Crippen LogP contribution in [0.25, 0.3) is 0 Å². The molecule has 0 aromatic carbocycles. The van der Waals surface area contributed by atoms with Crippen molar-refractivity contribution in [1.29, 1.82) is 0 Å². The number of carbonyl (C=O) groups excluding carboxylic acids is 1. The molecule has 0 amide bonds. The minimum atomic E-state index is -0.474. The molecule has 11 heavy (non-hydrogen) atoms. The third kappa shape index (κ3) is 6.86. The molecule has 4 heteroatoms. The van der Waals surface area contributed by atoms with Crippen molar-refractivity contribution in [2.75, 3.05) is 13.4 Å². The highest BCUT2D eigenvalue weighted by Gasteiger charge is 1.95. The summed E-state index contributed by atoms with van der Waals surface area (Å²) < 4.78 is 9.35. The summed E-state index contributed by atoms with van der Waals surface area (Å²) in [6.45, 7) is 3.94. The van der Waals surface area contributed by atoms with Crippen molar-refractivity contribution in [3.63, 3.8) is 0 Å². The van der Waals surface area contributed by atoms with Crippen molar-refractivity contribution < 1.29 is 14.3 Å². The fourth-order valence-electron chi connectivity index (χ4n) is 0.411. The zero-order valence-corrected chi connectivity index (χ0v) is 6.79. The van der Waals surface area contributed by atoms with Crippen LogP contribution in [-0.4, -0.2) is 19.4 Å². The van der Waals surface area contributed by atoms with Gasteiger partial charge in [0.2, 0.25) is 0 Å². The van der Waals surface area contributed by atoms with Gasteiger partial charge in [0.15, 0.2) is 6.79 Å². The molecule has 0 bridgehead atoms. The average molecular weight is 159 g/mol. The molecule has 2 N–H and O–H groups in total. The van der Waals surface area contributed by atoms with E-state index in [9.17, 15) is 4.79 Å². The van der Waals surface area contributed by atoms with Gasteiger partial charge in [-0.25, -0.2) is 4.79 Å². The highest BCUT2D eigenvalue weighted by Crippen LogP contribution is 1.85. The first kappa shape index (κ1) is 9.97. The Morgan fingerprint density at radius 2 is 2.27 bits per heavy atom. The lowest BCUT2D eigenvalue weighted by molar-refractivity contribution is -0.149. The van der Waals surface area contributed by atoms with Crippen LogP contribution in [0.3, 0.4) is 0 Å². The molecule has 0 saturated heterocycles. The number of carbonyl (C=O) groups is 1. The Morgan fingerprint density at radius 1 is 1.64 bits per heavy atom. The van der Waals surface area contributed by atoms with Crippen molar-refractivity contribution in [2.45, 2.75) is 13.8 Å². The Bertz CT molecular complexity index is 150. The van der Waals surface area contributed by atoms with Crippen LogP contribution in [0.15, 0.2) is 11.8 Å². The molecule has 0 unspecified atom stereocenters. The van der Waals surface area contributed by atoms with Gasteiger partial charge < -0.3 is 15.2 Å². The molecule has 64 valence electrons. The molecule has 0 aromatic heterocycles. The van der Waals surface area contributed by atoms with E-state index in [1.165, 1.54) is 6.08 Å². The number of rotatable bonds is 4. The monoisotopic (exact) mass is 159 g/mol. The van der Waals surface area contributed by atoms with Crippen molar-refractivity contribution in [3.8, 4) is 0 Å². The molecular formula is C7H13NO3. The Balaban J connectivity index is 3.46. The van der Waals surface area contributed by atoms with Gasteiger partial charge in [0, 0.05) is 18.4 Å². The van der Waals surface area contributed by atoms with Crippen LogP contribution >= 0.6 is 0 Å². The molecule has 0 aliphatic carbocycles. The predicted molar refractivity (Wildman–Crippen MR) is 40.5 cm³/mol. The maximum atomic E-state index is 10.7. The lowest BCUT2D eigenvalue weighted by atomic mass is 10.4. The summed E-state index contributed by atoms with van der Waals surface area (Å²) in [5, 5.41) is 0. The number of allylic oxidation sites excluding steroid dienone is 1. The minimum Gasteiger partial charge on any atom is -0.435 e. The summed E-state index contributed by atoms with van der Waals surface area (Å²) in [7, 11) is 0. The maximum Gasteiger partial charge on any atom is 0.334 e. The van der Waals surface area contributed by atoms with Gasteiger partial charge in [0.1, 0.15) is 0 Å². The summed E-state index contributed by atoms with van der Waals surface area (Å²) in [6.07, 6.45) is 1.21. The van der Waals surface area contributed by atoms with Crippen LogP contribution in [0.2, 0.25) is 0 Å². The third-order valence-electron chi connectivity index (χ3n) is 0.834. The topological polar surface area (TPSA) is 61.5 Å². The van der Waals surface area contributed by atoms with E-state index in [-0.39, 0.29) is 6.79 Å². The Morgan fingerprint density at radius 3 is 2.73 bits per heavy atom. The van der Waals surface area contributed by atoms with E-state index < -0.39 is 5.97 Å². The normalized spacial score (nSPS) is 11.3. The lowest BCUT2D eigenvalue weighted by Crippen LogP contribution is -2.07. The Kier molecular flexibility index (Phi) is 5.20. The molecule has 0 radical (unpaired) electrons. The van der Waals surface area contributed by atoms with Gasteiger partial charge in [0.05, 0.1) is 0 Å². The first-order chi connectivity index (χ1) is 5.16. The van der Waals surface area contributed by atoms with E-state index >= 15 is 0 Å². The van der Waals surface area contributed by atoms with Gasteiger partial charge in [-0.15, -0.1) is 0 Å². The van der Waals surface area contributed by atoms with Crippen molar-refractivity contribution in [2.24, 2.45) is 5.73 Å². The molecular weight excluding hydrogens is 146 g/mol. The number of hydrogen-bond donors (Lipinski definition) is 1. The second kappa shape index (κ2) is 5.73. The fraction of sp³-hybridized carbons (Fsp3) is 0.571. The standard InChI is InChI=1S/C7H13NO3/c1-3-10-5-11-7(9)4-6(2)8/h4H,3,5,8H2,1-2H3/b6-4-. The summed E-state index contributed by atoms with van der Waals surface area (Å²) in [6, 6.07) is 0. The van der Waals surface area contributed by atoms with Crippen LogP contribution in [0.1, 0.15) is 13.8 Å². The molecule has 0 aliphatic rings. The molecule has 0 atom stereocenters. The number of hydrogen-bond acceptors (Lipinski definition) is 4. The largest absolute Gasteiger partial charge is 0.435 e. The van der Waals surface area contributed by atoms with Crippen molar-refractivity contribution >= 4 is 5.97 Å². The molecule has 0 aliphatic heterocycles. The van der Waals surface area contributed by atoms with Crippen molar-refractivity contribution in [1.82, 2.24) is 0 Å². The van der Waals surface area contributed by atoms with Gasteiger partial charge in [-0.05, 0) is 13.8 Å². The first-order valence-corrected chi connectivity index (χ1v) is 3.35. The SMILES string of the molecule is CCOCOC(=O)/C=C(/C)N. The van der Waals surface area contributed by atoms with Gasteiger partial charge in [-0.3, -0.25) is 0 Å². The highest BCUT2D eigenvalue weighted by molar-refractivity contribution is 5.82. The Labute approximate surface area is 66.0 Å². The van der Waals surface area contributed by atoms with Gasteiger partial charge in [-0.1, -0.05) is 0 Å². The first-order valence-electron chi connectivity index (χ1n) is 3.35. The Hall–Kier alpha value is -1.03. The quantitative estimate of drug-likeness (QED) is 0.279. The zero-order chi connectivity index (χ0) is 8.69. The molecule has 0 saturated carbocycles. The van der Waals surface area contributed by atoms with Gasteiger partial charge in [-0.2, -0.15) is 0 Å². The third-order valence-corrected chi connectivity index (χ3v) is 0.834. The van der Waals surface area contributed by atoms with Crippen LogP contribution in [-0.2, 0) is 14.3 Å². The molecule has 0 spiro atoms. The average Bonchev–Trinajstić information content (AvgIpc) is 1.86. The maximum absolute atomic E-state index is 10.7. The van der Waals surface area contributed by atoms with Gasteiger partial charge in [0.25, 0.3) is 0 Å².